The molecule has 0 bridgehead atoms. The molecule has 0 saturated carbocycles. The van der Waals surface area contributed by atoms with Crippen molar-refractivity contribution >= 4 is 24.0 Å². The maximum Gasteiger partial charge on any atom is 0.328 e. The Morgan fingerprint density at radius 3 is 1.71 bits per heavy atom. The van der Waals surface area contributed by atoms with Crippen LogP contribution >= 0.6 is 0 Å². The fourth-order valence-corrected chi connectivity index (χ4v) is 1.64. The Labute approximate surface area is 155 Å². The normalized spacial score (nSPS) is 10.3. The molecular weight excluding hydrogens is 382 g/mol. The number of carboxylic acids is 1. The van der Waals surface area contributed by atoms with Crippen molar-refractivity contribution < 1.29 is 32.3 Å². The van der Waals surface area contributed by atoms with E-state index in [4.69, 9.17) is 10.6 Å². The van der Waals surface area contributed by atoms with Crippen LogP contribution in [0.25, 0.3) is 22.6 Å². The Morgan fingerprint density at radius 1 is 0.857 bits per heavy atom. The molecule has 2 aromatic carbocycles. The topological polar surface area (TPSA) is 103 Å². The van der Waals surface area contributed by atoms with Gasteiger partial charge in [0.05, 0.1) is 0 Å². The molecule has 1 N–H and O–H groups in total. The summed E-state index contributed by atoms with van der Waals surface area (Å²) in [6, 6.07) is 6.31. The van der Waals surface area contributed by atoms with Crippen LogP contribution in [0.4, 0.5) is 17.6 Å². The van der Waals surface area contributed by atoms with Crippen molar-refractivity contribution in [3.05, 3.63) is 93.4 Å². The molecule has 0 aromatic heterocycles. The van der Waals surface area contributed by atoms with Gasteiger partial charge in [0.1, 0.15) is 0 Å². The number of carbonyl (C=O) groups excluding carboxylic acids is 1. The minimum absolute atomic E-state index is 0.301. The Bertz CT molecular complexity index is 984. The molecule has 0 aliphatic carbocycles. The molecule has 2 rings (SSSR count). The lowest BCUT2D eigenvalue weighted by Crippen LogP contribution is -1.87. The van der Waals surface area contributed by atoms with Gasteiger partial charge in [-0.1, -0.05) is 18.2 Å². The minimum Gasteiger partial charge on any atom is -0.478 e. The summed E-state index contributed by atoms with van der Waals surface area (Å²) >= 11 is 0. The molecule has 0 atom stereocenters. The summed E-state index contributed by atoms with van der Waals surface area (Å²) in [4.78, 5) is 23.0. The van der Waals surface area contributed by atoms with Crippen LogP contribution in [0.5, 0.6) is 0 Å². The SMILES string of the molecule is O=C(O)/C=C/c1ccc(F)c(F)c1.[N-]=[N+]=NC(=O)/C=C/c1ccc(F)c(F)c1. The number of azide groups is 1. The quantitative estimate of drug-likeness (QED) is 0.263. The Hall–Kier alpha value is -3.91. The summed E-state index contributed by atoms with van der Waals surface area (Å²) in [6.07, 6.45) is 4.23. The van der Waals surface area contributed by atoms with Crippen molar-refractivity contribution in [3.8, 4) is 0 Å². The van der Waals surface area contributed by atoms with Gasteiger partial charge in [-0.05, 0) is 58.2 Å². The Balaban J connectivity index is 0.000000283. The number of aliphatic carboxylic acids is 1. The summed E-state index contributed by atoms with van der Waals surface area (Å²) in [5.41, 5.74) is 8.52. The van der Waals surface area contributed by atoms with Crippen molar-refractivity contribution in [3.63, 3.8) is 0 Å². The van der Waals surface area contributed by atoms with E-state index >= 15 is 0 Å². The van der Waals surface area contributed by atoms with Gasteiger partial charge in [0.25, 0.3) is 0 Å². The number of hydrogen-bond acceptors (Lipinski definition) is 2. The molecule has 0 unspecified atom stereocenters. The van der Waals surface area contributed by atoms with Gasteiger partial charge >= 0.3 is 5.97 Å². The molecule has 0 spiro atoms. The summed E-state index contributed by atoms with van der Waals surface area (Å²) in [5.74, 6) is -5.85. The zero-order valence-electron chi connectivity index (χ0n) is 13.9. The summed E-state index contributed by atoms with van der Waals surface area (Å²) in [7, 11) is 0. The number of amides is 1. The van der Waals surface area contributed by atoms with Gasteiger partial charge < -0.3 is 5.11 Å². The van der Waals surface area contributed by atoms with E-state index in [0.29, 0.717) is 11.1 Å². The van der Waals surface area contributed by atoms with Crippen LogP contribution in [0, 0.1) is 23.3 Å². The van der Waals surface area contributed by atoms with E-state index in [9.17, 15) is 27.2 Å². The van der Waals surface area contributed by atoms with Gasteiger partial charge in [0.2, 0.25) is 5.91 Å². The van der Waals surface area contributed by atoms with Gasteiger partial charge in [-0.2, -0.15) is 0 Å². The number of nitrogens with zero attached hydrogens (tertiary/aromatic N) is 3. The predicted molar refractivity (Wildman–Crippen MR) is 92.6 cm³/mol. The number of halogens is 4. The van der Waals surface area contributed by atoms with Gasteiger partial charge in [0, 0.05) is 11.0 Å². The average Bonchev–Trinajstić information content (AvgIpc) is 2.64. The number of carbonyl (C=O) groups is 2. The fourth-order valence-electron chi connectivity index (χ4n) is 1.64. The zero-order valence-corrected chi connectivity index (χ0v) is 13.9. The largest absolute Gasteiger partial charge is 0.478 e. The van der Waals surface area contributed by atoms with Crippen molar-refractivity contribution in [2.45, 2.75) is 0 Å². The molecule has 2 aromatic rings. The van der Waals surface area contributed by atoms with E-state index < -0.39 is 35.1 Å². The van der Waals surface area contributed by atoms with Crippen molar-refractivity contribution in [2.75, 3.05) is 0 Å². The Kier molecular flexibility index (Phi) is 8.65. The van der Waals surface area contributed by atoms with Crippen LogP contribution in [0.15, 0.2) is 53.7 Å². The second-order valence-corrected chi connectivity index (χ2v) is 4.88. The maximum absolute atomic E-state index is 12.7. The van der Waals surface area contributed by atoms with E-state index in [1.807, 2.05) is 0 Å². The molecule has 1 amide bonds. The van der Waals surface area contributed by atoms with Gasteiger partial charge in [-0.3, -0.25) is 4.79 Å². The van der Waals surface area contributed by atoms with E-state index in [1.54, 1.807) is 0 Å². The van der Waals surface area contributed by atoms with Crippen LogP contribution < -0.4 is 0 Å². The summed E-state index contributed by atoms with van der Waals surface area (Å²) < 4.78 is 50.1. The first-order valence-corrected chi connectivity index (χ1v) is 7.31. The molecular formula is C18H11F4N3O3. The molecule has 10 heteroatoms. The highest BCUT2D eigenvalue weighted by Crippen LogP contribution is 2.10. The minimum atomic E-state index is -1.13. The highest BCUT2D eigenvalue weighted by Gasteiger charge is 2.01. The molecule has 0 fully saturated rings. The molecule has 0 aliphatic rings. The monoisotopic (exact) mass is 393 g/mol. The van der Waals surface area contributed by atoms with E-state index in [0.717, 1.165) is 36.4 Å². The van der Waals surface area contributed by atoms with Gasteiger partial charge in [-0.25, -0.2) is 22.4 Å². The number of hydrogen-bond donors (Lipinski definition) is 1. The Morgan fingerprint density at radius 2 is 1.32 bits per heavy atom. The lowest BCUT2D eigenvalue weighted by atomic mass is 10.2. The van der Waals surface area contributed by atoms with E-state index in [-0.39, 0.29) is 0 Å². The molecule has 28 heavy (non-hydrogen) atoms. The van der Waals surface area contributed by atoms with Gasteiger partial charge in [-0.15, -0.1) is 0 Å². The number of carboxylic acid groups (broad SMARTS) is 1. The van der Waals surface area contributed by atoms with Crippen LogP contribution in [-0.2, 0) is 9.59 Å². The first kappa shape index (κ1) is 22.1. The average molecular weight is 393 g/mol. The highest BCUT2D eigenvalue weighted by atomic mass is 19.2. The van der Waals surface area contributed by atoms with Gasteiger partial charge in [0.15, 0.2) is 23.3 Å². The van der Waals surface area contributed by atoms with Crippen LogP contribution in [0.2, 0.25) is 0 Å². The molecule has 144 valence electrons. The predicted octanol–water partition coefficient (Wildman–Crippen LogP) is 4.88. The van der Waals surface area contributed by atoms with Crippen LogP contribution in [0.1, 0.15) is 11.1 Å². The third kappa shape index (κ3) is 7.98. The molecule has 0 heterocycles. The molecule has 6 nitrogen and oxygen atoms in total. The van der Waals surface area contributed by atoms with Crippen LogP contribution in [-0.4, -0.2) is 17.0 Å². The lowest BCUT2D eigenvalue weighted by Gasteiger charge is -1.94. The standard InChI is InChI=1S/C9H5F2N3O.C9H6F2O2/c10-7-3-1-6(5-8(7)11)2-4-9(15)13-14-12;10-7-3-1-6(5-8(7)11)2-4-9(12)13/h1-5H;1-5H,(H,12,13)/b2*4-2+. The first-order valence-electron chi connectivity index (χ1n) is 7.31. The first-order chi connectivity index (χ1) is 13.2. The summed E-state index contributed by atoms with van der Waals surface area (Å²) in [5, 5.41) is 11.0. The highest BCUT2D eigenvalue weighted by molar-refractivity contribution is 5.92. The fraction of sp³-hybridized carbons (Fsp3) is 0. The number of rotatable bonds is 4. The zero-order chi connectivity index (χ0) is 21.1. The third-order valence-corrected chi connectivity index (χ3v) is 2.87. The van der Waals surface area contributed by atoms with Crippen molar-refractivity contribution in [1.82, 2.24) is 0 Å². The lowest BCUT2D eigenvalue weighted by molar-refractivity contribution is -0.131. The van der Waals surface area contributed by atoms with Crippen molar-refractivity contribution in [1.29, 1.82) is 0 Å². The van der Waals surface area contributed by atoms with E-state index in [1.165, 1.54) is 24.3 Å². The maximum atomic E-state index is 12.7. The molecule has 0 radical (unpaired) electrons. The smallest absolute Gasteiger partial charge is 0.328 e. The van der Waals surface area contributed by atoms with Crippen LogP contribution in [0.3, 0.4) is 0 Å². The number of benzene rings is 2. The van der Waals surface area contributed by atoms with Crippen molar-refractivity contribution in [2.24, 2.45) is 5.11 Å². The summed E-state index contributed by atoms with van der Waals surface area (Å²) in [6.45, 7) is 0. The third-order valence-electron chi connectivity index (χ3n) is 2.87. The molecule has 0 aliphatic heterocycles. The molecule has 0 saturated heterocycles. The van der Waals surface area contributed by atoms with E-state index in [2.05, 4.69) is 10.0 Å². The second kappa shape index (κ2) is 10.9. The second-order valence-electron chi connectivity index (χ2n) is 4.88.